The predicted octanol–water partition coefficient (Wildman–Crippen LogP) is 3.69. The van der Waals surface area contributed by atoms with E-state index in [0.717, 1.165) is 6.33 Å². The molecular formula is C20H16Cl2F2N4O2. The Morgan fingerprint density at radius 1 is 0.833 bits per heavy atom. The topological polar surface area (TPSA) is 84.0 Å². The highest BCUT2D eigenvalue weighted by Gasteiger charge is 2.13. The molecule has 0 bridgehead atoms. The summed E-state index contributed by atoms with van der Waals surface area (Å²) in [7, 11) is 0. The zero-order valence-electron chi connectivity index (χ0n) is 15.4. The minimum absolute atomic E-state index is 0. The van der Waals surface area contributed by atoms with E-state index in [0.29, 0.717) is 11.1 Å². The Labute approximate surface area is 182 Å². The highest BCUT2D eigenvalue weighted by atomic mass is 35.5. The molecule has 0 fully saturated rings. The maximum Gasteiger partial charge on any atom is 0.270 e. The summed E-state index contributed by atoms with van der Waals surface area (Å²) in [5.41, 5.74) is 1.33. The number of halogens is 4. The molecule has 0 saturated heterocycles. The Balaban J connectivity index is 0.00000320. The van der Waals surface area contributed by atoms with E-state index in [4.69, 9.17) is 11.6 Å². The molecule has 10 heteroatoms. The summed E-state index contributed by atoms with van der Waals surface area (Å²) in [5, 5.41) is 5.21. The summed E-state index contributed by atoms with van der Waals surface area (Å²) in [6, 6.07) is 11.1. The first kappa shape index (κ1) is 23.2. The van der Waals surface area contributed by atoms with Crippen molar-refractivity contribution < 1.29 is 18.4 Å². The molecular weight excluding hydrogens is 437 g/mol. The smallest absolute Gasteiger partial charge is 0.270 e. The summed E-state index contributed by atoms with van der Waals surface area (Å²) >= 11 is 5.71. The molecule has 3 aromatic rings. The van der Waals surface area contributed by atoms with Gasteiger partial charge in [0.15, 0.2) is 0 Å². The largest absolute Gasteiger partial charge is 0.347 e. The Hall–Kier alpha value is -3.10. The molecule has 0 aliphatic carbocycles. The van der Waals surface area contributed by atoms with Crippen molar-refractivity contribution in [1.29, 1.82) is 0 Å². The number of hydrogen-bond acceptors (Lipinski definition) is 4. The molecule has 0 unspecified atom stereocenters. The molecule has 2 amide bonds. The number of rotatable bonds is 6. The van der Waals surface area contributed by atoms with E-state index >= 15 is 0 Å². The van der Waals surface area contributed by atoms with Crippen molar-refractivity contribution in [3.05, 3.63) is 94.0 Å². The molecule has 156 valence electrons. The fourth-order valence-electron chi connectivity index (χ4n) is 2.40. The Morgan fingerprint density at radius 2 is 1.37 bits per heavy atom. The van der Waals surface area contributed by atoms with Crippen molar-refractivity contribution in [2.45, 2.75) is 13.1 Å². The molecule has 0 spiro atoms. The molecule has 0 radical (unpaired) electrons. The molecule has 1 aromatic heterocycles. The number of hydrogen-bond donors (Lipinski definition) is 2. The molecule has 6 nitrogen and oxygen atoms in total. The number of amides is 2. The van der Waals surface area contributed by atoms with E-state index in [1.165, 1.54) is 36.4 Å². The maximum atomic E-state index is 13.2. The predicted molar refractivity (Wildman–Crippen MR) is 109 cm³/mol. The molecule has 3 rings (SSSR count). The van der Waals surface area contributed by atoms with Gasteiger partial charge in [-0.1, -0.05) is 29.8 Å². The molecule has 0 aliphatic rings. The molecule has 1 heterocycles. The quantitative estimate of drug-likeness (QED) is 0.597. The van der Waals surface area contributed by atoms with Crippen LogP contribution in [-0.2, 0) is 13.1 Å². The lowest BCUT2D eigenvalue weighted by molar-refractivity contribution is 0.0944. The van der Waals surface area contributed by atoms with Crippen LogP contribution in [0.3, 0.4) is 0 Å². The van der Waals surface area contributed by atoms with Gasteiger partial charge in [-0.05, 0) is 35.4 Å². The Kier molecular flexibility index (Phi) is 8.20. The van der Waals surface area contributed by atoms with Crippen LogP contribution in [0.25, 0.3) is 0 Å². The highest BCUT2D eigenvalue weighted by molar-refractivity contribution is 6.30. The van der Waals surface area contributed by atoms with Gasteiger partial charge in [-0.3, -0.25) is 9.59 Å². The number of aromatic nitrogens is 2. The summed E-state index contributed by atoms with van der Waals surface area (Å²) in [6.45, 7) is 0.283. The first-order valence-corrected chi connectivity index (χ1v) is 8.87. The van der Waals surface area contributed by atoms with Crippen LogP contribution in [0.4, 0.5) is 8.78 Å². The third-order valence-corrected chi connectivity index (χ3v) is 4.23. The van der Waals surface area contributed by atoms with Gasteiger partial charge >= 0.3 is 0 Å². The van der Waals surface area contributed by atoms with E-state index in [1.807, 2.05) is 0 Å². The molecule has 0 atom stereocenters. The zero-order valence-corrected chi connectivity index (χ0v) is 16.9. The van der Waals surface area contributed by atoms with Crippen LogP contribution in [0.15, 0.2) is 54.9 Å². The van der Waals surface area contributed by atoms with Crippen molar-refractivity contribution in [3.8, 4) is 0 Å². The van der Waals surface area contributed by atoms with E-state index in [9.17, 15) is 18.4 Å². The summed E-state index contributed by atoms with van der Waals surface area (Å²) in [5.74, 6) is -1.94. The minimum atomic E-state index is -0.547. The van der Waals surface area contributed by atoms with Crippen molar-refractivity contribution in [2.75, 3.05) is 0 Å². The second-order valence-corrected chi connectivity index (χ2v) is 6.44. The SMILES string of the molecule is Cl.O=C(NCc1ccc(F)cc1)c1cc(C(=O)NCc2ccc(F)c(Cl)c2)ncn1. The third-order valence-electron chi connectivity index (χ3n) is 3.94. The maximum absolute atomic E-state index is 13.2. The Bertz CT molecular complexity index is 1050. The molecule has 30 heavy (non-hydrogen) atoms. The van der Waals surface area contributed by atoms with Gasteiger partial charge in [0.2, 0.25) is 0 Å². The number of carbonyl (C=O) groups excluding carboxylic acids is 2. The fourth-order valence-corrected chi connectivity index (χ4v) is 2.61. The molecule has 2 aromatic carbocycles. The minimum Gasteiger partial charge on any atom is -0.347 e. The van der Waals surface area contributed by atoms with Crippen molar-refractivity contribution >= 4 is 35.8 Å². The lowest BCUT2D eigenvalue weighted by Gasteiger charge is -2.07. The highest BCUT2D eigenvalue weighted by Crippen LogP contribution is 2.16. The number of nitrogens with zero attached hydrogens (tertiary/aromatic N) is 2. The second kappa shape index (κ2) is 10.6. The standard InChI is InChI=1S/C20H15ClF2N4O2.ClH/c21-15-7-13(3-6-16(15)23)10-25-20(29)18-8-17(26-11-27-18)19(28)24-9-12-1-4-14(22)5-2-12;/h1-8,11H,9-10H2,(H,24,28)(H,25,29);1H. The lowest BCUT2D eigenvalue weighted by Crippen LogP contribution is -2.27. The normalized spacial score (nSPS) is 10.1. The molecule has 2 N–H and O–H groups in total. The van der Waals surface area contributed by atoms with E-state index in [-0.39, 0.29) is 47.7 Å². The molecule has 0 aliphatic heterocycles. The van der Waals surface area contributed by atoms with E-state index in [1.54, 1.807) is 12.1 Å². The average Bonchev–Trinajstić information content (AvgIpc) is 2.73. The monoisotopic (exact) mass is 452 g/mol. The van der Waals surface area contributed by atoms with Crippen LogP contribution >= 0.6 is 24.0 Å². The van der Waals surface area contributed by atoms with E-state index < -0.39 is 17.6 Å². The number of nitrogens with one attached hydrogen (secondary N) is 2. The van der Waals surface area contributed by atoms with Crippen LogP contribution < -0.4 is 10.6 Å². The average molecular weight is 453 g/mol. The van der Waals surface area contributed by atoms with Crippen LogP contribution in [0.5, 0.6) is 0 Å². The van der Waals surface area contributed by atoms with Crippen molar-refractivity contribution in [1.82, 2.24) is 20.6 Å². The first-order valence-electron chi connectivity index (χ1n) is 8.49. The summed E-state index contributed by atoms with van der Waals surface area (Å²) < 4.78 is 26.1. The van der Waals surface area contributed by atoms with Crippen LogP contribution in [0.2, 0.25) is 5.02 Å². The van der Waals surface area contributed by atoms with Gasteiger partial charge < -0.3 is 10.6 Å². The van der Waals surface area contributed by atoms with Crippen LogP contribution in [0, 0.1) is 11.6 Å². The van der Waals surface area contributed by atoms with Gasteiger partial charge in [-0.2, -0.15) is 0 Å². The van der Waals surface area contributed by atoms with Gasteiger partial charge in [-0.15, -0.1) is 12.4 Å². The van der Waals surface area contributed by atoms with Crippen molar-refractivity contribution in [3.63, 3.8) is 0 Å². The van der Waals surface area contributed by atoms with Crippen LogP contribution in [-0.4, -0.2) is 21.8 Å². The van der Waals surface area contributed by atoms with Crippen molar-refractivity contribution in [2.24, 2.45) is 0 Å². The van der Waals surface area contributed by atoms with Crippen LogP contribution in [0.1, 0.15) is 32.1 Å². The summed E-state index contributed by atoms with van der Waals surface area (Å²) in [4.78, 5) is 32.3. The summed E-state index contributed by atoms with van der Waals surface area (Å²) in [6.07, 6.45) is 1.11. The Morgan fingerprint density at radius 3 is 1.93 bits per heavy atom. The second-order valence-electron chi connectivity index (χ2n) is 6.03. The van der Waals surface area contributed by atoms with Gasteiger partial charge in [0.25, 0.3) is 11.8 Å². The van der Waals surface area contributed by atoms with E-state index in [2.05, 4.69) is 20.6 Å². The fraction of sp³-hybridized carbons (Fsp3) is 0.100. The van der Waals surface area contributed by atoms with Gasteiger partial charge in [-0.25, -0.2) is 18.7 Å². The zero-order chi connectivity index (χ0) is 20.8. The first-order chi connectivity index (χ1) is 13.9. The third kappa shape index (κ3) is 6.20. The number of benzene rings is 2. The van der Waals surface area contributed by atoms with Gasteiger partial charge in [0, 0.05) is 19.2 Å². The number of carbonyl (C=O) groups is 2. The van der Waals surface area contributed by atoms with Gasteiger partial charge in [0.05, 0.1) is 5.02 Å². The van der Waals surface area contributed by atoms with Gasteiger partial charge in [0.1, 0.15) is 29.3 Å². The molecule has 0 saturated carbocycles. The lowest BCUT2D eigenvalue weighted by atomic mass is 10.2.